The van der Waals surface area contributed by atoms with Crippen LogP contribution in [0.15, 0.2) is 53.8 Å². The zero-order valence-electron chi connectivity index (χ0n) is 10.00. The van der Waals surface area contributed by atoms with Crippen LogP contribution in [-0.4, -0.2) is 11.2 Å². The summed E-state index contributed by atoms with van der Waals surface area (Å²) in [6.45, 7) is 2.06. The maximum atomic E-state index is 5.81. The van der Waals surface area contributed by atoms with Crippen molar-refractivity contribution >= 4 is 12.0 Å². The van der Waals surface area contributed by atoms with E-state index < -0.39 is 0 Å². The zero-order chi connectivity index (χ0) is 12.4. The van der Waals surface area contributed by atoms with Crippen LogP contribution in [0.25, 0.3) is 5.76 Å². The Balaban J connectivity index is 1.99. The van der Waals surface area contributed by atoms with Gasteiger partial charge in [0.05, 0.1) is 11.8 Å². The lowest BCUT2D eigenvalue weighted by molar-refractivity contribution is 0.493. The molecule has 2 aromatic rings. The third-order valence-electron chi connectivity index (χ3n) is 2.75. The molecule has 0 fully saturated rings. The number of benzene rings is 1. The van der Waals surface area contributed by atoms with Gasteiger partial charge in [-0.15, -0.1) is 0 Å². The van der Waals surface area contributed by atoms with E-state index in [1.54, 1.807) is 18.6 Å². The van der Waals surface area contributed by atoms with E-state index in [9.17, 15) is 0 Å². The minimum absolute atomic E-state index is 0.588. The highest BCUT2D eigenvalue weighted by atomic mass is 16.5. The van der Waals surface area contributed by atoms with Crippen LogP contribution < -0.4 is 4.74 Å². The van der Waals surface area contributed by atoms with Gasteiger partial charge in [-0.2, -0.15) is 0 Å². The summed E-state index contributed by atoms with van der Waals surface area (Å²) in [6, 6.07) is 11.9. The van der Waals surface area contributed by atoms with Crippen LogP contribution in [0.5, 0.6) is 5.88 Å². The monoisotopic (exact) mass is 236 g/mol. The first-order valence-electron chi connectivity index (χ1n) is 5.76. The fraction of sp³-hybridized carbons (Fsp3) is 0.0667. The Hall–Kier alpha value is -2.42. The van der Waals surface area contributed by atoms with Crippen molar-refractivity contribution < 1.29 is 4.74 Å². The Morgan fingerprint density at radius 3 is 2.72 bits per heavy atom. The summed E-state index contributed by atoms with van der Waals surface area (Å²) in [4.78, 5) is 8.46. The van der Waals surface area contributed by atoms with E-state index in [1.165, 1.54) is 5.56 Å². The van der Waals surface area contributed by atoms with Crippen LogP contribution in [-0.2, 0) is 0 Å². The molecule has 18 heavy (non-hydrogen) atoms. The Bertz CT molecular complexity index is 627. The molecule has 3 rings (SSSR count). The SMILES string of the molecule is Cc1ccc(C2=CN=Cc3cccnc3O2)cc1. The fourth-order valence-corrected chi connectivity index (χ4v) is 1.75. The van der Waals surface area contributed by atoms with E-state index in [2.05, 4.69) is 16.9 Å². The Labute approximate surface area is 105 Å². The molecule has 0 saturated heterocycles. The molecule has 0 bridgehead atoms. The molecule has 0 saturated carbocycles. The topological polar surface area (TPSA) is 34.5 Å². The van der Waals surface area contributed by atoms with Crippen molar-refractivity contribution in [3.8, 4) is 5.88 Å². The third kappa shape index (κ3) is 2.02. The summed E-state index contributed by atoms with van der Waals surface area (Å²) in [5, 5.41) is 0. The van der Waals surface area contributed by atoms with Crippen LogP contribution in [0.4, 0.5) is 0 Å². The quantitative estimate of drug-likeness (QED) is 0.762. The standard InChI is InChI=1S/C15H12N2O/c1-11-4-6-12(7-5-11)14-10-16-9-13-3-2-8-17-15(13)18-14/h2-10H,1H3. The van der Waals surface area contributed by atoms with Gasteiger partial charge in [-0.25, -0.2) is 4.98 Å². The first kappa shape index (κ1) is 10.7. The molecule has 0 amide bonds. The van der Waals surface area contributed by atoms with E-state index in [4.69, 9.17) is 4.74 Å². The summed E-state index contributed by atoms with van der Waals surface area (Å²) in [5.41, 5.74) is 3.10. The van der Waals surface area contributed by atoms with Gasteiger partial charge in [-0.05, 0) is 19.1 Å². The molecule has 3 nitrogen and oxygen atoms in total. The first-order valence-corrected chi connectivity index (χ1v) is 5.76. The lowest BCUT2D eigenvalue weighted by atomic mass is 10.1. The molecule has 0 spiro atoms. The molecule has 0 atom stereocenters. The van der Waals surface area contributed by atoms with Crippen LogP contribution in [0, 0.1) is 6.92 Å². The molecule has 1 aromatic heterocycles. The molecule has 1 aliphatic rings. The molecular formula is C15H12N2O. The van der Waals surface area contributed by atoms with Gasteiger partial charge in [0.2, 0.25) is 5.88 Å². The van der Waals surface area contributed by atoms with Crippen molar-refractivity contribution in [1.29, 1.82) is 0 Å². The number of fused-ring (bicyclic) bond motifs is 1. The van der Waals surface area contributed by atoms with Gasteiger partial charge >= 0.3 is 0 Å². The lowest BCUT2D eigenvalue weighted by Crippen LogP contribution is -1.97. The van der Waals surface area contributed by atoms with Crippen molar-refractivity contribution in [1.82, 2.24) is 4.98 Å². The average Bonchev–Trinajstić information content (AvgIpc) is 2.61. The largest absolute Gasteiger partial charge is 0.436 e. The minimum Gasteiger partial charge on any atom is -0.436 e. The number of nitrogens with zero attached hydrogens (tertiary/aromatic N) is 2. The Morgan fingerprint density at radius 2 is 1.89 bits per heavy atom. The van der Waals surface area contributed by atoms with Crippen LogP contribution in [0.3, 0.4) is 0 Å². The van der Waals surface area contributed by atoms with E-state index in [-0.39, 0.29) is 0 Å². The fourth-order valence-electron chi connectivity index (χ4n) is 1.75. The minimum atomic E-state index is 0.588. The predicted molar refractivity (Wildman–Crippen MR) is 71.6 cm³/mol. The average molecular weight is 236 g/mol. The molecule has 0 radical (unpaired) electrons. The number of pyridine rings is 1. The highest BCUT2D eigenvalue weighted by Crippen LogP contribution is 2.24. The maximum Gasteiger partial charge on any atom is 0.228 e. The van der Waals surface area contributed by atoms with Crippen molar-refractivity contribution in [3.05, 3.63) is 65.5 Å². The van der Waals surface area contributed by atoms with Gasteiger partial charge in [0.1, 0.15) is 0 Å². The molecule has 1 aromatic carbocycles. The van der Waals surface area contributed by atoms with Gasteiger partial charge in [0.15, 0.2) is 5.76 Å². The number of hydrogen-bond acceptors (Lipinski definition) is 3. The van der Waals surface area contributed by atoms with E-state index in [0.717, 1.165) is 11.1 Å². The summed E-state index contributed by atoms with van der Waals surface area (Å²) < 4.78 is 5.81. The second kappa shape index (κ2) is 4.45. The summed E-state index contributed by atoms with van der Waals surface area (Å²) in [5.74, 6) is 1.30. The van der Waals surface area contributed by atoms with Gasteiger partial charge in [-0.3, -0.25) is 4.99 Å². The molecule has 0 N–H and O–H groups in total. The number of hydrogen-bond donors (Lipinski definition) is 0. The number of aryl methyl sites for hydroxylation is 1. The molecule has 88 valence electrons. The molecule has 0 aliphatic carbocycles. The van der Waals surface area contributed by atoms with Gasteiger partial charge < -0.3 is 4.74 Å². The first-order chi connectivity index (χ1) is 8.83. The number of ether oxygens (including phenoxy) is 1. The van der Waals surface area contributed by atoms with Crippen molar-refractivity contribution in [2.45, 2.75) is 6.92 Å². The molecule has 2 heterocycles. The Kier molecular flexibility index (Phi) is 2.65. The molecular weight excluding hydrogens is 224 g/mol. The smallest absolute Gasteiger partial charge is 0.228 e. The highest BCUT2D eigenvalue weighted by Gasteiger charge is 2.11. The zero-order valence-corrected chi connectivity index (χ0v) is 10.00. The Morgan fingerprint density at radius 1 is 1.06 bits per heavy atom. The van der Waals surface area contributed by atoms with E-state index >= 15 is 0 Å². The second-order valence-corrected chi connectivity index (χ2v) is 4.14. The summed E-state index contributed by atoms with van der Waals surface area (Å²) >= 11 is 0. The number of aromatic nitrogens is 1. The van der Waals surface area contributed by atoms with Crippen LogP contribution in [0.1, 0.15) is 16.7 Å². The van der Waals surface area contributed by atoms with Crippen molar-refractivity contribution in [3.63, 3.8) is 0 Å². The third-order valence-corrected chi connectivity index (χ3v) is 2.75. The van der Waals surface area contributed by atoms with Crippen molar-refractivity contribution in [2.24, 2.45) is 4.99 Å². The van der Waals surface area contributed by atoms with Gasteiger partial charge in [-0.1, -0.05) is 29.8 Å². The lowest BCUT2D eigenvalue weighted by Gasteiger charge is -2.08. The molecule has 0 unspecified atom stereocenters. The van der Waals surface area contributed by atoms with Crippen LogP contribution >= 0.6 is 0 Å². The molecule has 3 heteroatoms. The predicted octanol–water partition coefficient (Wildman–Crippen LogP) is 3.20. The molecule has 1 aliphatic heterocycles. The number of rotatable bonds is 1. The van der Waals surface area contributed by atoms with E-state index in [1.807, 2.05) is 36.4 Å². The highest BCUT2D eigenvalue weighted by molar-refractivity contribution is 5.85. The number of aliphatic imine (C=N–C) groups is 1. The van der Waals surface area contributed by atoms with E-state index in [0.29, 0.717) is 11.6 Å². The van der Waals surface area contributed by atoms with Crippen LogP contribution in [0.2, 0.25) is 0 Å². The van der Waals surface area contributed by atoms with Gasteiger partial charge in [0.25, 0.3) is 0 Å². The summed E-state index contributed by atoms with van der Waals surface area (Å²) in [6.07, 6.45) is 5.18. The maximum absolute atomic E-state index is 5.81. The summed E-state index contributed by atoms with van der Waals surface area (Å²) in [7, 11) is 0. The normalized spacial score (nSPS) is 13.3. The van der Waals surface area contributed by atoms with Crippen molar-refractivity contribution in [2.75, 3.05) is 0 Å². The van der Waals surface area contributed by atoms with Gasteiger partial charge in [0, 0.05) is 18.0 Å². The second-order valence-electron chi connectivity index (χ2n) is 4.14.